The number of aryl methyl sites for hydroxylation is 4. The second-order valence-electron chi connectivity index (χ2n) is 36.1. The fourth-order valence-corrected chi connectivity index (χ4v) is 19.9. The molecule has 0 amide bonds. The highest BCUT2D eigenvalue weighted by atomic mass is 32.2. The van der Waals surface area contributed by atoms with Crippen LogP contribution in [-0.4, -0.2) is 99.8 Å². The highest BCUT2D eigenvalue weighted by Crippen LogP contribution is 2.43. The highest BCUT2D eigenvalue weighted by Gasteiger charge is 2.33. The van der Waals surface area contributed by atoms with Gasteiger partial charge in [-0.15, -0.1) is 0 Å². The fraction of sp³-hybridized carbons (Fsp3) is 0.265. The summed E-state index contributed by atoms with van der Waals surface area (Å²) in [7, 11) is -13.8. The Kier molecular flexibility index (Phi) is 24.3. The van der Waals surface area contributed by atoms with Crippen molar-refractivity contribution in [3.05, 3.63) is 306 Å². The third-order valence-electron chi connectivity index (χ3n) is 22.4. The smallest absolute Gasteiger partial charge is 0.266 e. The van der Waals surface area contributed by atoms with Crippen LogP contribution in [0.2, 0.25) is 0 Å². The summed E-state index contributed by atoms with van der Waals surface area (Å²) in [6.45, 7) is 30.6. The van der Waals surface area contributed by atoms with E-state index in [0.29, 0.717) is 51.9 Å². The average molecular weight is 1780 g/mol. The largest absolute Gasteiger partial charge is 0.495 e. The number of fused-ring (bicyclic) bond motifs is 5. The topological polar surface area (TPSA) is 317 Å². The van der Waals surface area contributed by atoms with Gasteiger partial charge in [-0.2, -0.15) is 20.4 Å². The minimum absolute atomic E-state index is 0.0433. The summed E-state index contributed by atoms with van der Waals surface area (Å²) in [5.74, 6) is 2.36. The maximum absolute atomic E-state index is 13.4. The van der Waals surface area contributed by atoms with Gasteiger partial charge in [0.1, 0.15) is 33.9 Å². The van der Waals surface area contributed by atoms with E-state index in [2.05, 4.69) is 132 Å². The van der Waals surface area contributed by atoms with Crippen molar-refractivity contribution in [1.29, 1.82) is 0 Å². The first-order chi connectivity index (χ1) is 60.1. The van der Waals surface area contributed by atoms with Crippen LogP contribution in [-0.2, 0) is 74.6 Å². The van der Waals surface area contributed by atoms with Gasteiger partial charge in [-0.25, -0.2) is 52.4 Å². The molecule has 0 atom stereocenters. The summed E-state index contributed by atoms with van der Waals surface area (Å²) in [6.07, 6.45) is 13.5. The van der Waals surface area contributed by atoms with Gasteiger partial charge >= 0.3 is 0 Å². The van der Waals surface area contributed by atoms with E-state index in [1.807, 2.05) is 185 Å². The van der Waals surface area contributed by atoms with E-state index in [-0.39, 0.29) is 41.2 Å². The maximum Gasteiger partial charge on any atom is 0.266 e. The van der Waals surface area contributed by atoms with Crippen LogP contribution in [0.5, 0.6) is 5.75 Å². The van der Waals surface area contributed by atoms with Crippen LogP contribution >= 0.6 is 0 Å². The summed E-state index contributed by atoms with van der Waals surface area (Å²) in [4.78, 5) is 18.2. The van der Waals surface area contributed by atoms with Crippen LogP contribution in [0.4, 0.5) is 23.3 Å². The molecule has 2 aliphatic carbocycles. The van der Waals surface area contributed by atoms with E-state index in [0.717, 1.165) is 138 Å². The average Bonchev–Trinajstić information content (AvgIpc) is 1.62. The van der Waals surface area contributed by atoms with Gasteiger partial charge in [0.15, 0.2) is 0 Å². The number of anilines is 4. The van der Waals surface area contributed by atoms with Gasteiger partial charge in [-0.05, 0) is 230 Å². The zero-order valence-corrected chi connectivity index (χ0v) is 77.2. The number of methoxy groups -OCH3 is 1. The molecule has 1 saturated carbocycles. The third kappa shape index (κ3) is 19.4. The maximum atomic E-state index is 13.4. The van der Waals surface area contributed by atoms with Crippen molar-refractivity contribution in [3.8, 4) is 28.5 Å². The fourth-order valence-electron chi connectivity index (χ4n) is 15.3. The van der Waals surface area contributed by atoms with Gasteiger partial charge in [-0.3, -0.25) is 38.8 Å². The number of benzene rings is 8. The molecule has 8 aromatic heterocycles. The van der Waals surface area contributed by atoms with E-state index in [4.69, 9.17) is 14.9 Å². The molecule has 18 rings (SSSR count). The van der Waals surface area contributed by atoms with E-state index in [1.165, 1.54) is 7.11 Å². The molecule has 4 N–H and O–H groups in total. The molecule has 0 radical (unpaired) electrons. The molecule has 127 heavy (non-hydrogen) atoms. The second kappa shape index (κ2) is 34.8. The molecule has 0 spiro atoms. The number of hydrogen-bond donors (Lipinski definition) is 4. The predicted molar refractivity (Wildman–Crippen MR) is 504 cm³/mol. The Bertz CT molecular complexity index is 7320. The lowest BCUT2D eigenvalue weighted by molar-refractivity contribution is 0.400. The molecule has 0 bridgehead atoms. The third-order valence-corrected chi connectivity index (χ3v) is 28.0. The monoisotopic (exact) mass is 1780 g/mol. The molecule has 1 fully saturated rings. The number of aromatic nitrogens is 12. The quantitative estimate of drug-likeness (QED) is 0.0620. The second-order valence-corrected chi connectivity index (χ2v) is 42.7. The van der Waals surface area contributed by atoms with Crippen molar-refractivity contribution in [2.24, 2.45) is 0 Å². The van der Waals surface area contributed by atoms with Gasteiger partial charge in [0, 0.05) is 87.6 Å². The lowest BCUT2D eigenvalue weighted by Crippen LogP contribution is -2.18. The number of rotatable bonds is 18. The van der Waals surface area contributed by atoms with E-state index in [1.54, 1.807) is 104 Å². The van der Waals surface area contributed by atoms with Gasteiger partial charge in [0.2, 0.25) is 0 Å². The first-order valence-electron chi connectivity index (χ1n) is 41.9. The molecule has 25 nitrogen and oxygen atoms in total. The standard InChI is InChI=1S/2C25H26N4O2S.C24H26N4O3S.C24H26N4O2S/c1-25(2,3)18-11-13-19(14-12-18)32(30,31)28-24-16-22(17-9-10-17)27-29(24)23-8-4-7-21-20(23)6-5-15-26-21;1-25(2,3)18-10-12-19(13-11-18)32(30,31)28-24-21-7-5-8-22(21)27-29(24)23-9-4-6-17-16-26-15-14-20(17)23;1-16-14-23(28(26-16)20-10-6-9-19-18(20)8-7-13-25-19)27-32(29,30)22-12-11-17(24(2,3)4)15-21(22)31-5;1-16-14-18(24(3,4)5)11-12-22(16)31(29,30)27-23-15-17(2)26-28(23)21-10-6-9-20-19(21)8-7-13-25-20/h4-8,11-17,28H,9-10H2,1-3H3;4,6,9-16,28H,5,7-8H2,1-3H3;6-15,27H,1-5H3;6-15,27H,1-5H3. The summed E-state index contributed by atoms with van der Waals surface area (Å²) in [6, 6.07) is 66.5. The Morgan fingerprint density at radius 2 is 0.795 bits per heavy atom. The summed E-state index contributed by atoms with van der Waals surface area (Å²) in [5.41, 5.74) is 14.5. The molecule has 8 heterocycles. The summed E-state index contributed by atoms with van der Waals surface area (Å²) >= 11 is 0. The van der Waals surface area contributed by atoms with Crippen LogP contribution in [0, 0.1) is 20.8 Å². The molecule has 654 valence electrons. The van der Waals surface area contributed by atoms with E-state index >= 15 is 0 Å². The minimum Gasteiger partial charge on any atom is -0.495 e. The van der Waals surface area contributed by atoms with Crippen molar-refractivity contribution >= 4 is 107 Å². The Morgan fingerprint density at radius 3 is 1.26 bits per heavy atom. The molecule has 0 saturated heterocycles. The van der Waals surface area contributed by atoms with Crippen LogP contribution in [0.25, 0.3) is 66.2 Å². The van der Waals surface area contributed by atoms with E-state index < -0.39 is 40.1 Å². The van der Waals surface area contributed by atoms with Gasteiger partial charge in [0.05, 0.1) is 83.9 Å². The van der Waals surface area contributed by atoms with Gasteiger partial charge < -0.3 is 4.74 Å². The summed E-state index contributed by atoms with van der Waals surface area (Å²) in [5, 5.41) is 23.3. The number of pyridine rings is 4. The molecule has 29 heteroatoms. The normalized spacial score (nSPS) is 13.3. The van der Waals surface area contributed by atoms with Crippen LogP contribution < -0.4 is 23.6 Å². The molecule has 2 aliphatic rings. The molecule has 0 unspecified atom stereocenters. The number of ether oxygens (including phenoxy) is 1. The number of nitrogens with one attached hydrogen (secondary N) is 4. The van der Waals surface area contributed by atoms with Crippen molar-refractivity contribution in [1.82, 2.24) is 59.1 Å². The first kappa shape index (κ1) is 88.9. The van der Waals surface area contributed by atoms with Crippen molar-refractivity contribution < 1.29 is 38.4 Å². The number of nitrogens with zero attached hydrogens (tertiary/aromatic N) is 12. The lowest BCUT2D eigenvalue weighted by atomic mass is 9.86. The summed E-state index contributed by atoms with van der Waals surface area (Å²) < 4.78 is 130. The Balaban J connectivity index is 0.000000130. The zero-order chi connectivity index (χ0) is 90.5. The van der Waals surface area contributed by atoms with Gasteiger partial charge in [0.25, 0.3) is 40.1 Å². The Labute approximate surface area is 742 Å². The lowest BCUT2D eigenvalue weighted by Gasteiger charge is -2.21. The van der Waals surface area contributed by atoms with Crippen LogP contribution in [0.1, 0.15) is 164 Å². The highest BCUT2D eigenvalue weighted by molar-refractivity contribution is 7.93. The van der Waals surface area contributed by atoms with Crippen LogP contribution in [0.15, 0.2) is 269 Å². The van der Waals surface area contributed by atoms with Crippen LogP contribution in [0.3, 0.4) is 0 Å². The molecule has 16 aromatic rings. The first-order valence-corrected chi connectivity index (χ1v) is 47.9. The Morgan fingerprint density at radius 1 is 0.378 bits per heavy atom. The molecular weight excluding hydrogens is 1670 g/mol. The molecular formula is C98H104N16O9S4. The number of hydrogen-bond acceptors (Lipinski definition) is 17. The van der Waals surface area contributed by atoms with Gasteiger partial charge in [-0.1, -0.05) is 156 Å². The van der Waals surface area contributed by atoms with E-state index in [9.17, 15) is 33.7 Å². The minimum atomic E-state index is -3.94. The zero-order valence-electron chi connectivity index (χ0n) is 74.0. The van der Waals surface area contributed by atoms with Crippen molar-refractivity contribution in [2.75, 3.05) is 26.0 Å². The number of sulfonamides is 4. The Hall–Kier alpha value is -13.0. The molecule has 0 aliphatic heterocycles. The molecule has 8 aromatic carbocycles. The SMILES string of the molecule is CC(C)(C)c1ccc(S(=O)(=O)Nc2c3c(nn2-c2cccc4cnccc24)CCC3)cc1.CC(C)(C)c1ccc(S(=O)(=O)Nc2cc(C3CC3)nn2-c2cccc3ncccc23)cc1.COc1cc(C(C)(C)C)ccc1S(=O)(=O)Nc1cc(C)nn1-c1cccc2ncccc12.Cc1cc(NS(=O)(=O)c2ccc(C(C)(C)C)cc2C)n(-c2cccc3ncccc23)n1. The van der Waals surface area contributed by atoms with Crippen molar-refractivity contribution in [2.45, 2.75) is 183 Å². The van der Waals surface area contributed by atoms with Crippen molar-refractivity contribution in [3.63, 3.8) is 0 Å². The predicted octanol–water partition coefficient (Wildman–Crippen LogP) is 20.4.